The molecule has 2 aromatic carbocycles. The molecule has 5 rings (SSSR count). The first kappa shape index (κ1) is 20.8. The number of ether oxygens (including phenoxy) is 3. The van der Waals surface area contributed by atoms with Crippen LogP contribution in [0.4, 0.5) is 0 Å². The highest BCUT2D eigenvalue weighted by Gasteiger charge is 2.25. The van der Waals surface area contributed by atoms with Crippen LogP contribution in [0.1, 0.15) is 42.7 Å². The van der Waals surface area contributed by atoms with Gasteiger partial charge in [-0.15, -0.1) is 0 Å². The highest BCUT2D eigenvalue weighted by Crippen LogP contribution is 2.32. The van der Waals surface area contributed by atoms with E-state index in [1.165, 1.54) is 36.8 Å². The van der Waals surface area contributed by atoms with Gasteiger partial charge in [0.05, 0.1) is 27.4 Å². The van der Waals surface area contributed by atoms with Crippen molar-refractivity contribution in [3.8, 4) is 28.6 Å². The topological polar surface area (TPSA) is 69.9 Å². The molecular formula is C25H29N3O4. The number of hydrogen-bond donors (Lipinski definition) is 0. The first-order chi connectivity index (χ1) is 15.7. The molecule has 0 radical (unpaired) electrons. The van der Waals surface area contributed by atoms with E-state index in [0.29, 0.717) is 35.8 Å². The smallest absolute Gasteiger partial charge is 0.241 e. The molecule has 32 heavy (non-hydrogen) atoms. The van der Waals surface area contributed by atoms with Gasteiger partial charge < -0.3 is 18.7 Å². The SMILES string of the molecule is COc1ccc(-c2noc(CN(Cc3ccc4c(c3)CCO4)C3CCCC3)n2)cc1OC. The molecule has 0 N–H and O–H groups in total. The second-order valence-electron chi connectivity index (χ2n) is 8.47. The van der Waals surface area contributed by atoms with Crippen LogP contribution in [0.25, 0.3) is 11.4 Å². The van der Waals surface area contributed by atoms with Gasteiger partial charge in [0.15, 0.2) is 11.5 Å². The highest BCUT2D eigenvalue weighted by atomic mass is 16.5. The fourth-order valence-corrected chi connectivity index (χ4v) is 4.74. The molecule has 0 unspecified atom stereocenters. The number of benzene rings is 2. The van der Waals surface area contributed by atoms with E-state index in [9.17, 15) is 0 Å². The van der Waals surface area contributed by atoms with E-state index in [1.807, 2.05) is 18.2 Å². The Bertz CT molecular complexity index is 1070. The van der Waals surface area contributed by atoms with E-state index in [-0.39, 0.29) is 0 Å². The summed E-state index contributed by atoms with van der Waals surface area (Å²) in [4.78, 5) is 7.17. The maximum absolute atomic E-state index is 5.67. The quantitative estimate of drug-likeness (QED) is 0.511. The average molecular weight is 436 g/mol. The Kier molecular flexibility index (Phi) is 5.99. The Labute approximate surface area is 188 Å². The molecule has 0 saturated heterocycles. The Morgan fingerprint density at radius 1 is 1.00 bits per heavy atom. The summed E-state index contributed by atoms with van der Waals surface area (Å²) in [7, 11) is 3.24. The molecule has 2 heterocycles. The summed E-state index contributed by atoms with van der Waals surface area (Å²) in [5.41, 5.74) is 3.45. The van der Waals surface area contributed by atoms with Crippen LogP contribution < -0.4 is 14.2 Å². The van der Waals surface area contributed by atoms with Gasteiger partial charge in [-0.25, -0.2) is 0 Å². The third-order valence-electron chi connectivity index (χ3n) is 6.43. The molecule has 3 aromatic rings. The van der Waals surface area contributed by atoms with E-state index in [1.54, 1.807) is 14.2 Å². The molecule has 0 atom stereocenters. The number of nitrogens with zero attached hydrogens (tertiary/aromatic N) is 3. The van der Waals surface area contributed by atoms with E-state index in [0.717, 1.165) is 30.9 Å². The molecule has 168 valence electrons. The molecule has 0 bridgehead atoms. The second kappa shape index (κ2) is 9.20. The van der Waals surface area contributed by atoms with Gasteiger partial charge in [-0.2, -0.15) is 4.98 Å². The maximum Gasteiger partial charge on any atom is 0.241 e. The van der Waals surface area contributed by atoms with Crippen LogP contribution in [-0.2, 0) is 19.5 Å². The second-order valence-corrected chi connectivity index (χ2v) is 8.47. The maximum atomic E-state index is 5.67. The normalized spacial score (nSPS) is 15.7. The summed E-state index contributed by atoms with van der Waals surface area (Å²) in [5.74, 6) is 3.53. The highest BCUT2D eigenvalue weighted by molar-refractivity contribution is 5.60. The van der Waals surface area contributed by atoms with Gasteiger partial charge in [-0.3, -0.25) is 4.90 Å². The van der Waals surface area contributed by atoms with Crippen molar-refractivity contribution in [3.63, 3.8) is 0 Å². The van der Waals surface area contributed by atoms with E-state index >= 15 is 0 Å². The van der Waals surface area contributed by atoms with Crippen LogP contribution in [-0.4, -0.2) is 41.9 Å². The monoisotopic (exact) mass is 435 g/mol. The molecule has 1 aliphatic carbocycles. The van der Waals surface area contributed by atoms with E-state index < -0.39 is 0 Å². The van der Waals surface area contributed by atoms with Crippen LogP contribution in [0.2, 0.25) is 0 Å². The predicted octanol–water partition coefficient (Wildman–Crippen LogP) is 4.63. The van der Waals surface area contributed by atoms with Crippen molar-refractivity contribution in [2.24, 2.45) is 0 Å². The lowest BCUT2D eigenvalue weighted by atomic mass is 10.1. The van der Waals surface area contributed by atoms with Gasteiger partial charge in [-0.1, -0.05) is 30.1 Å². The molecule has 1 saturated carbocycles. The van der Waals surface area contributed by atoms with Crippen molar-refractivity contribution in [2.75, 3.05) is 20.8 Å². The van der Waals surface area contributed by atoms with Gasteiger partial charge >= 0.3 is 0 Å². The number of aromatic nitrogens is 2. The number of hydrogen-bond acceptors (Lipinski definition) is 7. The lowest BCUT2D eigenvalue weighted by Crippen LogP contribution is -2.32. The van der Waals surface area contributed by atoms with Gasteiger partial charge in [-0.05, 0) is 48.2 Å². The van der Waals surface area contributed by atoms with Crippen LogP contribution in [0.3, 0.4) is 0 Å². The van der Waals surface area contributed by atoms with Crippen molar-refractivity contribution in [3.05, 3.63) is 53.4 Å². The lowest BCUT2D eigenvalue weighted by molar-refractivity contribution is 0.158. The zero-order valence-electron chi connectivity index (χ0n) is 18.7. The Morgan fingerprint density at radius 2 is 1.84 bits per heavy atom. The summed E-state index contributed by atoms with van der Waals surface area (Å²) in [6.45, 7) is 2.29. The van der Waals surface area contributed by atoms with Crippen molar-refractivity contribution in [1.82, 2.24) is 15.0 Å². The first-order valence-electron chi connectivity index (χ1n) is 11.3. The van der Waals surface area contributed by atoms with Crippen LogP contribution in [0.15, 0.2) is 40.9 Å². The molecule has 0 amide bonds. The Morgan fingerprint density at radius 3 is 2.66 bits per heavy atom. The Hall–Kier alpha value is -3.06. The zero-order chi connectivity index (χ0) is 21.9. The van der Waals surface area contributed by atoms with Gasteiger partial charge in [0.1, 0.15) is 5.75 Å². The molecule has 2 aliphatic rings. The molecule has 0 spiro atoms. The standard InChI is InChI=1S/C25H29N3O4/c1-29-22-10-8-19(14-23(22)30-2)25-26-24(32-27-25)16-28(20-5-3-4-6-20)15-17-7-9-21-18(13-17)11-12-31-21/h7-10,13-14,20H,3-6,11-12,15-16H2,1-2H3. The molecule has 7 heteroatoms. The largest absolute Gasteiger partial charge is 0.493 e. The first-order valence-corrected chi connectivity index (χ1v) is 11.3. The van der Waals surface area contributed by atoms with Crippen molar-refractivity contribution >= 4 is 0 Å². The zero-order valence-corrected chi connectivity index (χ0v) is 18.7. The lowest BCUT2D eigenvalue weighted by Gasteiger charge is -2.27. The minimum Gasteiger partial charge on any atom is -0.493 e. The summed E-state index contributed by atoms with van der Waals surface area (Å²) in [6.07, 6.45) is 5.97. The molecule has 7 nitrogen and oxygen atoms in total. The minimum absolute atomic E-state index is 0.538. The molecule has 1 aromatic heterocycles. The van der Waals surface area contributed by atoms with Crippen molar-refractivity contribution in [2.45, 2.75) is 51.2 Å². The summed E-state index contributed by atoms with van der Waals surface area (Å²) < 4.78 is 22.1. The van der Waals surface area contributed by atoms with Gasteiger partial charge in [0, 0.05) is 24.6 Å². The third kappa shape index (κ3) is 4.30. The molecule has 1 aliphatic heterocycles. The average Bonchev–Trinajstić information content (AvgIpc) is 3.59. The third-order valence-corrected chi connectivity index (χ3v) is 6.43. The van der Waals surface area contributed by atoms with Gasteiger partial charge in [0.2, 0.25) is 11.7 Å². The summed E-state index contributed by atoms with van der Waals surface area (Å²) in [6, 6.07) is 12.7. The molecule has 1 fully saturated rings. The van der Waals surface area contributed by atoms with E-state index in [4.69, 9.17) is 18.7 Å². The summed E-state index contributed by atoms with van der Waals surface area (Å²) >= 11 is 0. The minimum atomic E-state index is 0.538. The van der Waals surface area contributed by atoms with Crippen molar-refractivity contribution < 1.29 is 18.7 Å². The van der Waals surface area contributed by atoms with Crippen molar-refractivity contribution in [1.29, 1.82) is 0 Å². The fraction of sp³-hybridized carbons (Fsp3) is 0.440. The van der Waals surface area contributed by atoms with Gasteiger partial charge in [0.25, 0.3) is 0 Å². The predicted molar refractivity (Wildman–Crippen MR) is 120 cm³/mol. The van der Waals surface area contributed by atoms with Crippen LogP contribution >= 0.6 is 0 Å². The number of fused-ring (bicyclic) bond motifs is 1. The number of rotatable bonds is 8. The fourth-order valence-electron chi connectivity index (χ4n) is 4.74. The molecular weight excluding hydrogens is 406 g/mol. The van der Waals surface area contributed by atoms with Crippen LogP contribution in [0.5, 0.6) is 17.2 Å². The van der Waals surface area contributed by atoms with Crippen LogP contribution in [0, 0.1) is 0 Å². The van der Waals surface area contributed by atoms with E-state index in [2.05, 4.69) is 33.2 Å². The number of methoxy groups -OCH3 is 2. The summed E-state index contributed by atoms with van der Waals surface area (Å²) in [5, 5.41) is 4.23. The Balaban J connectivity index is 1.35.